The van der Waals surface area contributed by atoms with Crippen molar-refractivity contribution in [3.63, 3.8) is 0 Å². The molecular formula is C51H39N. The van der Waals surface area contributed by atoms with Crippen molar-refractivity contribution in [2.45, 2.75) is 19.3 Å². The summed E-state index contributed by atoms with van der Waals surface area (Å²) < 4.78 is 0. The molecule has 8 aromatic carbocycles. The first-order valence-corrected chi connectivity index (χ1v) is 18.1. The third-order valence-electron chi connectivity index (χ3n) is 10.7. The van der Waals surface area contributed by atoms with E-state index in [4.69, 9.17) is 0 Å². The van der Waals surface area contributed by atoms with Crippen LogP contribution in [0.2, 0.25) is 0 Å². The van der Waals surface area contributed by atoms with Crippen molar-refractivity contribution in [3.8, 4) is 55.6 Å². The first kappa shape index (κ1) is 31.5. The van der Waals surface area contributed by atoms with Gasteiger partial charge in [-0.2, -0.15) is 0 Å². The molecule has 9 rings (SSSR count). The minimum atomic E-state index is -0.00222. The number of anilines is 3. The summed E-state index contributed by atoms with van der Waals surface area (Å²) in [6.45, 7) is 4.67. The molecule has 0 aromatic heterocycles. The largest absolute Gasteiger partial charge is 0.310 e. The minimum absolute atomic E-state index is 0.00222. The Bertz CT molecular complexity index is 2440. The van der Waals surface area contributed by atoms with Crippen LogP contribution in [0.4, 0.5) is 17.1 Å². The van der Waals surface area contributed by atoms with Crippen molar-refractivity contribution in [3.05, 3.63) is 211 Å². The Balaban J connectivity index is 1.16. The molecule has 0 radical (unpaired) electrons. The van der Waals surface area contributed by atoms with Crippen LogP contribution in [0, 0.1) is 0 Å². The molecule has 0 saturated heterocycles. The molecule has 0 spiro atoms. The maximum absolute atomic E-state index is 2.39. The number of hydrogen-bond donors (Lipinski definition) is 0. The predicted octanol–water partition coefficient (Wildman–Crippen LogP) is 14.1. The van der Waals surface area contributed by atoms with Crippen LogP contribution in [0.1, 0.15) is 25.0 Å². The SMILES string of the molecule is CC1(C)c2ccccc2-c2cc(-c3ccc(N(c4ccc(-c5ccccc5)cc4)c4cc(-c5ccccc5)cc(-c5ccccc5)c4)cc3)ccc21. The van der Waals surface area contributed by atoms with E-state index >= 15 is 0 Å². The van der Waals surface area contributed by atoms with Crippen LogP contribution in [0.15, 0.2) is 200 Å². The molecule has 0 unspecified atom stereocenters. The monoisotopic (exact) mass is 665 g/mol. The van der Waals surface area contributed by atoms with Crippen LogP contribution in [0.3, 0.4) is 0 Å². The Hall–Kier alpha value is -6.44. The van der Waals surface area contributed by atoms with Gasteiger partial charge in [-0.05, 0) is 115 Å². The number of benzene rings is 8. The van der Waals surface area contributed by atoms with Gasteiger partial charge in [0.15, 0.2) is 0 Å². The van der Waals surface area contributed by atoms with E-state index in [9.17, 15) is 0 Å². The summed E-state index contributed by atoms with van der Waals surface area (Å²) in [5.41, 5.74) is 18.4. The molecule has 1 heteroatoms. The van der Waals surface area contributed by atoms with E-state index in [1.807, 2.05) is 0 Å². The number of nitrogens with zero attached hydrogens (tertiary/aromatic N) is 1. The fourth-order valence-electron chi connectivity index (χ4n) is 7.92. The molecule has 0 fully saturated rings. The van der Waals surface area contributed by atoms with Crippen LogP contribution in [-0.2, 0) is 5.41 Å². The summed E-state index contributed by atoms with van der Waals surface area (Å²) in [6.07, 6.45) is 0. The highest BCUT2D eigenvalue weighted by Crippen LogP contribution is 2.49. The molecule has 1 aliphatic carbocycles. The second-order valence-electron chi connectivity index (χ2n) is 14.2. The standard InChI is InChI=1S/C51H39N/c1-51(2)49-21-13-12-20-47(49)48-35-41(26-31-50(48)51)40-24-29-45(30-25-40)52(44-27-22-39(23-28-44)36-14-6-3-7-15-36)46-33-42(37-16-8-4-9-17-37)32-43(34-46)38-18-10-5-11-19-38/h3-35H,1-2H3. The fraction of sp³-hybridized carbons (Fsp3) is 0.0588. The highest BCUT2D eigenvalue weighted by atomic mass is 15.1. The van der Waals surface area contributed by atoms with Crippen LogP contribution < -0.4 is 4.90 Å². The Labute approximate surface area is 307 Å². The second-order valence-corrected chi connectivity index (χ2v) is 14.2. The smallest absolute Gasteiger partial charge is 0.0473 e. The zero-order valence-corrected chi connectivity index (χ0v) is 29.5. The van der Waals surface area contributed by atoms with Crippen LogP contribution in [-0.4, -0.2) is 0 Å². The van der Waals surface area contributed by atoms with Crippen LogP contribution in [0.25, 0.3) is 55.6 Å². The lowest BCUT2D eigenvalue weighted by Gasteiger charge is -2.27. The van der Waals surface area contributed by atoms with Crippen molar-refractivity contribution in [2.75, 3.05) is 4.90 Å². The van der Waals surface area contributed by atoms with Gasteiger partial charge in [0, 0.05) is 22.5 Å². The van der Waals surface area contributed by atoms with Gasteiger partial charge in [-0.3, -0.25) is 0 Å². The summed E-state index contributed by atoms with van der Waals surface area (Å²) in [7, 11) is 0. The summed E-state index contributed by atoms with van der Waals surface area (Å²) in [6, 6.07) is 72.8. The molecule has 8 aromatic rings. The van der Waals surface area contributed by atoms with Gasteiger partial charge in [0.1, 0.15) is 0 Å². The molecule has 1 aliphatic rings. The van der Waals surface area contributed by atoms with Crippen molar-refractivity contribution >= 4 is 17.1 Å². The molecular weight excluding hydrogens is 627 g/mol. The number of hydrogen-bond acceptors (Lipinski definition) is 1. The zero-order chi connectivity index (χ0) is 35.1. The van der Waals surface area contributed by atoms with E-state index in [1.54, 1.807) is 0 Å². The van der Waals surface area contributed by atoms with Gasteiger partial charge in [-0.25, -0.2) is 0 Å². The average molecular weight is 666 g/mol. The normalized spacial score (nSPS) is 12.6. The Morgan fingerprint density at radius 2 is 0.692 bits per heavy atom. The lowest BCUT2D eigenvalue weighted by atomic mass is 9.82. The van der Waals surface area contributed by atoms with Gasteiger partial charge in [-0.15, -0.1) is 0 Å². The number of rotatable bonds is 7. The molecule has 0 amide bonds. The summed E-state index contributed by atoms with van der Waals surface area (Å²) >= 11 is 0. The zero-order valence-electron chi connectivity index (χ0n) is 29.5. The van der Waals surface area contributed by atoms with E-state index in [0.29, 0.717) is 0 Å². The third-order valence-corrected chi connectivity index (χ3v) is 10.7. The van der Waals surface area contributed by atoms with E-state index in [2.05, 4.69) is 219 Å². The Morgan fingerprint density at radius 1 is 0.288 bits per heavy atom. The lowest BCUT2D eigenvalue weighted by Crippen LogP contribution is -2.14. The maximum atomic E-state index is 2.39. The van der Waals surface area contributed by atoms with Gasteiger partial charge in [0.25, 0.3) is 0 Å². The predicted molar refractivity (Wildman–Crippen MR) is 220 cm³/mol. The molecule has 0 bridgehead atoms. The Kier molecular flexibility index (Phi) is 7.90. The molecule has 248 valence electrons. The average Bonchev–Trinajstić information content (AvgIpc) is 3.45. The number of fused-ring (bicyclic) bond motifs is 3. The van der Waals surface area contributed by atoms with E-state index in [0.717, 1.165) is 17.1 Å². The Morgan fingerprint density at radius 3 is 1.23 bits per heavy atom. The first-order valence-electron chi connectivity index (χ1n) is 18.1. The first-order chi connectivity index (χ1) is 25.5. The van der Waals surface area contributed by atoms with Crippen molar-refractivity contribution in [1.29, 1.82) is 0 Å². The van der Waals surface area contributed by atoms with Crippen molar-refractivity contribution in [2.24, 2.45) is 0 Å². The van der Waals surface area contributed by atoms with Crippen LogP contribution in [0.5, 0.6) is 0 Å². The van der Waals surface area contributed by atoms with E-state index in [1.165, 1.54) is 66.8 Å². The third kappa shape index (κ3) is 5.71. The highest BCUT2D eigenvalue weighted by molar-refractivity contribution is 5.87. The molecule has 0 atom stereocenters. The lowest BCUT2D eigenvalue weighted by molar-refractivity contribution is 0.660. The van der Waals surface area contributed by atoms with Crippen molar-refractivity contribution < 1.29 is 0 Å². The second kappa shape index (κ2) is 13.0. The van der Waals surface area contributed by atoms with Gasteiger partial charge < -0.3 is 4.90 Å². The van der Waals surface area contributed by atoms with E-state index < -0.39 is 0 Å². The van der Waals surface area contributed by atoms with Crippen LogP contribution >= 0.6 is 0 Å². The minimum Gasteiger partial charge on any atom is -0.310 e. The van der Waals surface area contributed by atoms with Gasteiger partial charge in [0.05, 0.1) is 0 Å². The van der Waals surface area contributed by atoms with Gasteiger partial charge >= 0.3 is 0 Å². The molecule has 0 saturated carbocycles. The maximum Gasteiger partial charge on any atom is 0.0473 e. The molecule has 0 heterocycles. The van der Waals surface area contributed by atoms with E-state index in [-0.39, 0.29) is 5.41 Å². The summed E-state index contributed by atoms with van der Waals surface area (Å²) in [5, 5.41) is 0. The molecule has 0 aliphatic heterocycles. The fourth-order valence-corrected chi connectivity index (χ4v) is 7.92. The molecule has 0 N–H and O–H groups in total. The molecule has 1 nitrogen and oxygen atoms in total. The highest BCUT2D eigenvalue weighted by Gasteiger charge is 2.35. The van der Waals surface area contributed by atoms with Crippen molar-refractivity contribution in [1.82, 2.24) is 0 Å². The summed E-state index contributed by atoms with van der Waals surface area (Å²) in [5.74, 6) is 0. The van der Waals surface area contributed by atoms with Gasteiger partial charge in [0.2, 0.25) is 0 Å². The van der Waals surface area contributed by atoms with Gasteiger partial charge in [-0.1, -0.05) is 166 Å². The molecule has 52 heavy (non-hydrogen) atoms. The summed E-state index contributed by atoms with van der Waals surface area (Å²) in [4.78, 5) is 2.39. The quantitative estimate of drug-likeness (QED) is 0.164. The topological polar surface area (TPSA) is 3.24 Å².